The number of carbonyl (C=O) groups excluding carboxylic acids is 3. The summed E-state index contributed by atoms with van der Waals surface area (Å²) in [6, 6.07) is 13.5. The topological polar surface area (TPSA) is 111 Å². The van der Waals surface area contributed by atoms with E-state index in [9.17, 15) is 19.4 Å². The van der Waals surface area contributed by atoms with Crippen molar-refractivity contribution in [1.29, 1.82) is 0 Å². The van der Waals surface area contributed by atoms with Crippen molar-refractivity contribution in [3.05, 3.63) is 65.2 Å². The van der Waals surface area contributed by atoms with Gasteiger partial charge >= 0.3 is 19.1 Å². The molecule has 1 aliphatic rings. The van der Waals surface area contributed by atoms with Gasteiger partial charge in [-0.15, -0.1) is 0 Å². The second kappa shape index (κ2) is 9.22. The van der Waals surface area contributed by atoms with Crippen LogP contribution < -0.4 is 9.97 Å². The third-order valence-corrected chi connectivity index (χ3v) is 4.68. The molecule has 0 aliphatic carbocycles. The van der Waals surface area contributed by atoms with Gasteiger partial charge in [0.2, 0.25) is 6.79 Å². The van der Waals surface area contributed by atoms with Crippen LogP contribution in [0, 0.1) is 5.41 Å². The number of esters is 2. The summed E-state index contributed by atoms with van der Waals surface area (Å²) in [7, 11) is -1.35. The quantitative estimate of drug-likeness (QED) is 0.429. The maximum Gasteiger partial charge on any atom is 0.547 e. The van der Waals surface area contributed by atoms with E-state index in [1.54, 1.807) is 63.2 Å². The van der Waals surface area contributed by atoms with Gasteiger partial charge in [0.25, 0.3) is 5.91 Å². The number of fused-ring (bicyclic) bond motifs is 1. The molecule has 1 amide bonds. The van der Waals surface area contributed by atoms with E-state index >= 15 is 0 Å². The summed E-state index contributed by atoms with van der Waals surface area (Å²) in [5, 5.41) is 13.1. The van der Waals surface area contributed by atoms with Crippen LogP contribution in [0.2, 0.25) is 0 Å². The molecule has 0 bridgehead atoms. The summed E-state index contributed by atoms with van der Waals surface area (Å²) < 4.78 is 15.5. The molecule has 0 aromatic heterocycles. The molecule has 9 heteroatoms. The molecular formula is C22H24BNO7. The van der Waals surface area contributed by atoms with Crippen LogP contribution in [-0.4, -0.2) is 42.7 Å². The first-order valence-electron chi connectivity index (χ1n) is 9.83. The van der Waals surface area contributed by atoms with Gasteiger partial charge in [-0.05, 0) is 51.0 Å². The zero-order valence-corrected chi connectivity index (χ0v) is 17.6. The van der Waals surface area contributed by atoms with Gasteiger partial charge in [0.15, 0.2) is 0 Å². The Labute approximate surface area is 180 Å². The van der Waals surface area contributed by atoms with E-state index in [4.69, 9.17) is 14.1 Å². The summed E-state index contributed by atoms with van der Waals surface area (Å²) in [4.78, 5) is 36.6. The van der Waals surface area contributed by atoms with Gasteiger partial charge in [-0.2, -0.15) is 0 Å². The highest BCUT2D eigenvalue weighted by molar-refractivity contribution is 6.47. The van der Waals surface area contributed by atoms with Crippen LogP contribution in [0.4, 0.5) is 0 Å². The summed E-state index contributed by atoms with van der Waals surface area (Å²) >= 11 is 0. The van der Waals surface area contributed by atoms with E-state index in [1.165, 1.54) is 6.07 Å². The lowest BCUT2D eigenvalue weighted by atomic mass is 9.72. The second-order valence-electron chi connectivity index (χ2n) is 8.18. The van der Waals surface area contributed by atoms with Crippen molar-refractivity contribution < 1.29 is 33.5 Å². The molecule has 31 heavy (non-hydrogen) atoms. The Morgan fingerprint density at radius 2 is 1.81 bits per heavy atom. The lowest BCUT2D eigenvalue weighted by molar-refractivity contribution is -0.161. The van der Waals surface area contributed by atoms with Crippen molar-refractivity contribution in [3.8, 4) is 5.75 Å². The summed E-state index contributed by atoms with van der Waals surface area (Å²) in [5.41, 5.74) is 0.466. The predicted molar refractivity (Wildman–Crippen MR) is 112 cm³/mol. The van der Waals surface area contributed by atoms with Gasteiger partial charge in [-0.25, -0.2) is 4.79 Å². The van der Waals surface area contributed by atoms with Crippen LogP contribution in [0.3, 0.4) is 0 Å². The average molecular weight is 425 g/mol. The molecule has 2 aromatic rings. The molecule has 1 aliphatic heterocycles. The molecule has 0 saturated heterocycles. The normalized spacial score (nSPS) is 15.4. The van der Waals surface area contributed by atoms with Crippen molar-refractivity contribution in [1.82, 2.24) is 5.32 Å². The fraction of sp³-hybridized carbons (Fsp3) is 0.318. The summed E-state index contributed by atoms with van der Waals surface area (Å²) in [6.45, 7) is 4.53. The standard InChI is InChI=1S/C22H24BNO7/c1-22(2,3)21(27)30-13-29-20(26)16-11-7-10-15-12-17(23(28)31-18(15)16)24-19(25)14-8-5-4-6-9-14/h4-11,17,28H,12-13H2,1-3H3,(H,24,25)/t17-/m0/s1. The number of benzene rings is 2. The van der Waals surface area contributed by atoms with Gasteiger partial charge < -0.3 is 24.5 Å². The highest BCUT2D eigenvalue weighted by Crippen LogP contribution is 2.30. The first-order chi connectivity index (χ1) is 14.7. The number of para-hydroxylation sites is 1. The molecule has 0 spiro atoms. The monoisotopic (exact) mass is 425 g/mol. The summed E-state index contributed by atoms with van der Waals surface area (Å²) in [5.74, 6) is -2.11. The van der Waals surface area contributed by atoms with E-state index in [-0.39, 0.29) is 23.6 Å². The molecular weight excluding hydrogens is 401 g/mol. The zero-order chi connectivity index (χ0) is 22.6. The summed E-state index contributed by atoms with van der Waals surface area (Å²) in [6.07, 6.45) is 0.259. The SMILES string of the molecule is CC(C)(C)C(=O)OCOC(=O)c1cccc2c1OB(O)[C@@H](NC(=O)c1ccccc1)C2. The number of hydrogen-bond donors (Lipinski definition) is 2. The minimum absolute atomic E-state index is 0.0937. The average Bonchev–Trinajstić information content (AvgIpc) is 2.73. The van der Waals surface area contributed by atoms with Crippen molar-refractivity contribution >= 4 is 25.0 Å². The molecule has 3 rings (SSSR count). The van der Waals surface area contributed by atoms with E-state index in [0.29, 0.717) is 11.1 Å². The molecule has 2 N–H and O–H groups in total. The van der Waals surface area contributed by atoms with Gasteiger partial charge in [-0.3, -0.25) is 9.59 Å². The van der Waals surface area contributed by atoms with Crippen molar-refractivity contribution in [2.75, 3.05) is 6.79 Å². The maximum atomic E-state index is 12.5. The first kappa shape index (κ1) is 22.4. The van der Waals surface area contributed by atoms with E-state index in [0.717, 1.165) is 0 Å². The third-order valence-electron chi connectivity index (χ3n) is 4.68. The van der Waals surface area contributed by atoms with E-state index in [2.05, 4.69) is 5.32 Å². The molecule has 0 saturated carbocycles. The number of carbonyl (C=O) groups is 3. The third kappa shape index (κ3) is 5.43. The predicted octanol–water partition coefficient (Wildman–Crippen LogP) is 2.14. The Bertz CT molecular complexity index is 972. The van der Waals surface area contributed by atoms with Gasteiger partial charge in [-0.1, -0.05) is 30.3 Å². The smallest absolute Gasteiger partial charge is 0.534 e. The van der Waals surface area contributed by atoms with Gasteiger partial charge in [0, 0.05) is 5.56 Å². The lowest BCUT2D eigenvalue weighted by Gasteiger charge is -2.29. The maximum absolute atomic E-state index is 12.5. The molecule has 1 heterocycles. The molecule has 0 radical (unpaired) electrons. The Hall–Kier alpha value is -3.33. The number of amides is 1. The van der Waals surface area contributed by atoms with Crippen LogP contribution in [0.25, 0.3) is 0 Å². The van der Waals surface area contributed by atoms with Crippen LogP contribution >= 0.6 is 0 Å². The number of nitrogens with one attached hydrogen (secondary N) is 1. The fourth-order valence-corrected chi connectivity index (χ4v) is 2.98. The van der Waals surface area contributed by atoms with Crippen molar-refractivity contribution in [2.24, 2.45) is 5.41 Å². The highest BCUT2D eigenvalue weighted by Gasteiger charge is 2.38. The van der Waals surface area contributed by atoms with Crippen LogP contribution in [-0.2, 0) is 20.7 Å². The Morgan fingerprint density at radius 3 is 2.48 bits per heavy atom. The Kier molecular flexibility index (Phi) is 6.65. The molecule has 8 nitrogen and oxygen atoms in total. The zero-order valence-electron chi connectivity index (χ0n) is 17.6. The van der Waals surface area contributed by atoms with Crippen molar-refractivity contribution in [2.45, 2.75) is 33.1 Å². The molecule has 162 valence electrons. The number of rotatable bonds is 5. The molecule has 0 unspecified atom stereocenters. The molecule has 2 aromatic carbocycles. The minimum atomic E-state index is -1.35. The van der Waals surface area contributed by atoms with Gasteiger partial charge in [0.05, 0.1) is 11.4 Å². The minimum Gasteiger partial charge on any atom is -0.534 e. The second-order valence-corrected chi connectivity index (χ2v) is 8.18. The first-order valence-corrected chi connectivity index (χ1v) is 9.83. The highest BCUT2D eigenvalue weighted by atomic mass is 16.7. The van der Waals surface area contributed by atoms with Crippen LogP contribution in [0.15, 0.2) is 48.5 Å². The fourth-order valence-electron chi connectivity index (χ4n) is 2.98. The largest absolute Gasteiger partial charge is 0.547 e. The van der Waals surface area contributed by atoms with Gasteiger partial charge in [0.1, 0.15) is 11.3 Å². The molecule has 1 atom stereocenters. The van der Waals surface area contributed by atoms with Crippen LogP contribution in [0.5, 0.6) is 5.75 Å². The van der Waals surface area contributed by atoms with Crippen LogP contribution in [0.1, 0.15) is 47.1 Å². The Morgan fingerprint density at radius 1 is 1.10 bits per heavy atom. The Balaban J connectivity index is 1.66. The molecule has 0 fully saturated rings. The van der Waals surface area contributed by atoms with Crippen molar-refractivity contribution in [3.63, 3.8) is 0 Å². The lowest BCUT2D eigenvalue weighted by Crippen LogP contribution is -2.53. The number of hydrogen-bond acceptors (Lipinski definition) is 7. The van der Waals surface area contributed by atoms with E-state index < -0.39 is 37.2 Å². The van der Waals surface area contributed by atoms with E-state index in [1.807, 2.05) is 0 Å². The number of ether oxygens (including phenoxy) is 2.